The number of imidazole rings is 1. The molecule has 0 spiro atoms. The highest BCUT2D eigenvalue weighted by molar-refractivity contribution is 5.76. The molecule has 0 amide bonds. The first kappa shape index (κ1) is 16.6. The third-order valence-corrected chi connectivity index (χ3v) is 4.33. The average molecular weight is 322 g/mol. The van der Waals surface area contributed by atoms with Gasteiger partial charge in [0.2, 0.25) is 0 Å². The SMILES string of the molecule is CCc1ccc(OCCCn2c(C(C)C)nc3ccccc32)cc1. The molecule has 0 atom stereocenters. The van der Waals surface area contributed by atoms with Crippen LogP contribution in [0.4, 0.5) is 0 Å². The minimum atomic E-state index is 0.417. The minimum Gasteiger partial charge on any atom is -0.494 e. The summed E-state index contributed by atoms with van der Waals surface area (Å²) >= 11 is 0. The van der Waals surface area contributed by atoms with Gasteiger partial charge in [-0.25, -0.2) is 4.98 Å². The Morgan fingerprint density at radius 3 is 2.50 bits per heavy atom. The number of hydrogen-bond donors (Lipinski definition) is 0. The molecule has 126 valence electrons. The van der Waals surface area contributed by atoms with E-state index in [9.17, 15) is 0 Å². The first-order valence-corrected chi connectivity index (χ1v) is 8.86. The molecule has 3 rings (SSSR count). The number of nitrogens with zero attached hydrogens (tertiary/aromatic N) is 2. The summed E-state index contributed by atoms with van der Waals surface area (Å²) in [7, 11) is 0. The number of benzene rings is 2. The largest absolute Gasteiger partial charge is 0.494 e. The lowest BCUT2D eigenvalue weighted by atomic mass is 10.2. The summed E-state index contributed by atoms with van der Waals surface area (Å²) in [5, 5.41) is 0. The maximum absolute atomic E-state index is 5.88. The van der Waals surface area contributed by atoms with Crippen molar-refractivity contribution in [2.75, 3.05) is 6.61 Å². The first-order chi connectivity index (χ1) is 11.7. The molecule has 0 saturated carbocycles. The number of aryl methyl sites for hydroxylation is 2. The van der Waals surface area contributed by atoms with E-state index < -0.39 is 0 Å². The lowest BCUT2D eigenvalue weighted by Gasteiger charge is -2.12. The Labute approximate surface area is 144 Å². The molecule has 1 heterocycles. The first-order valence-electron chi connectivity index (χ1n) is 8.86. The van der Waals surface area contributed by atoms with Gasteiger partial charge in [0.25, 0.3) is 0 Å². The van der Waals surface area contributed by atoms with Gasteiger partial charge in [-0.15, -0.1) is 0 Å². The van der Waals surface area contributed by atoms with Crippen molar-refractivity contribution < 1.29 is 4.74 Å². The Morgan fingerprint density at radius 1 is 1.04 bits per heavy atom. The van der Waals surface area contributed by atoms with E-state index in [4.69, 9.17) is 9.72 Å². The number of para-hydroxylation sites is 2. The summed E-state index contributed by atoms with van der Waals surface area (Å²) in [6.45, 7) is 8.21. The van der Waals surface area contributed by atoms with Crippen LogP contribution in [0.25, 0.3) is 11.0 Å². The lowest BCUT2D eigenvalue weighted by molar-refractivity contribution is 0.301. The third-order valence-electron chi connectivity index (χ3n) is 4.33. The lowest BCUT2D eigenvalue weighted by Crippen LogP contribution is -2.09. The second kappa shape index (κ2) is 7.52. The maximum Gasteiger partial charge on any atom is 0.119 e. The van der Waals surface area contributed by atoms with Crippen molar-refractivity contribution in [1.29, 1.82) is 0 Å². The van der Waals surface area contributed by atoms with E-state index in [0.29, 0.717) is 5.92 Å². The molecule has 0 saturated heterocycles. The number of rotatable bonds is 7. The van der Waals surface area contributed by atoms with Crippen molar-refractivity contribution in [3.05, 3.63) is 59.9 Å². The Kier molecular flexibility index (Phi) is 5.19. The standard InChI is InChI=1S/C21H26N2O/c1-4-17-10-12-18(13-11-17)24-15-7-14-23-20-9-6-5-8-19(20)22-21(23)16(2)3/h5-6,8-13,16H,4,7,14-15H2,1-3H3. The van der Waals surface area contributed by atoms with Crippen LogP contribution in [-0.4, -0.2) is 16.2 Å². The van der Waals surface area contributed by atoms with Crippen LogP contribution in [-0.2, 0) is 13.0 Å². The molecule has 0 radical (unpaired) electrons. The van der Waals surface area contributed by atoms with Gasteiger partial charge in [0.15, 0.2) is 0 Å². The zero-order valence-corrected chi connectivity index (χ0v) is 14.8. The zero-order valence-electron chi connectivity index (χ0n) is 14.8. The van der Waals surface area contributed by atoms with Crippen LogP contribution in [0.15, 0.2) is 48.5 Å². The van der Waals surface area contributed by atoms with E-state index in [1.807, 2.05) is 6.07 Å². The van der Waals surface area contributed by atoms with Crippen molar-refractivity contribution in [2.24, 2.45) is 0 Å². The number of hydrogen-bond acceptors (Lipinski definition) is 2. The van der Waals surface area contributed by atoms with Crippen molar-refractivity contribution >= 4 is 11.0 Å². The molecular weight excluding hydrogens is 296 g/mol. The van der Waals surface area contributed by atoms with Crippen LogP contribution in [0.5, 0.6) is 5.75 Å². The third kappa shape index (κ3) is 3.61. The number of fused-ring (bicyclic) bond motifs is 1. The highest BCUT2D eigenvalue weighted by Crippen LogP contribution is 2.22. The second-order valence-electron chi connectivity index (χ2n) is 6.46. The van der Waals surface area contributed by atoms with Crippen LogP contribution in [0, 0.1) is 0 Å². The highest BCUT2D eigenvalue weighted by Gasteiger charge is 2.12. The molecule has 0 bridgehead atoms. The molecule has 24 heavy (non-hydrogen) atoms. The van der Waals surface area contributed by atoms with E-state index in [-0.39, 0.29) is 0 Å². The molecule has 0 N–H and O–H groups in total. The number of ether oxygens (including phenoxy) is 1. The average Bonchev–Trinajstić information content (AvgIpc) is 2.98. The van der Waals surface area contributed by atoms with Gasteiger partial charge in [-0.3, -0.25) is 0 Å². The van der Waals surface area contributed by atoms with Gasteiger partial charge in [0.1, 0.15) is 11.6 Å². The van der Waals surface area contributed by atoms with Crippen molar-refractivity contribution in [3.8, 4) is 5.75 Å². The van der Waals surface area contributed by atoms with Crippen molar-refractivity contribution in [3.63, 3.8) is 0 Å². The Bertz CT molecular complexity index is 787. The van der Waals surface area contributed by atoms with Crippen LogP contribution in [0.3, 0.4) is 0 Å². The summed E-state index contributed by atoms with van der Waals surface area (Å²) in [4.78, 5) is 4.79. The molecule has 0 aliphatic rings. The Hall–Kier alpha value is -2.29. The molecule has 0 aliphatic carbocycles. The molecular formula is C21H26N2O. The molecule has 0 unspecified atom stereocenters. The van der Waals surface area contributed by atoms with Crippen molar-refractivity contribution in [2.45, 2.75) is 46.1 Å². The van der Waals surface area contributed by atoms with E-state index in [1.165, 1.54) is 11.1 Å². The zero-order chi connectivity index (χ0) is 16.9. The monoisotopic (exact) mass is 322 g/mol. The van der Waals surface area contributed by atoms with E-state index >= 15 is 0 Å². The van der Waals surface area contributed by atoms with Gasteiger partial charge in [0, 0.05) is 12.5 Å². The van der Waals surface area contributed by atoms with E-state index in [2.05, 4.69) is 67.8 Å². The van der Waals surface area contributed by atoms with Crippen LogP contribution in [0.1, 0.15) is 44.5 Å². The van der Waals surface area contributed by atoms with Gasteiger partial charge >= 0.3 is 0 Å². The molecule has 1 aromatic heterocycles. The fourth-order valence-electron chi connectivity index (χ4n) is 3.00. The quantitative estimate of drug-likeness (QED) is 0.560. The molecule has 0 aliphatic heterocycles. The van der Waals surface area contributed by atoms with Gasteiger partial charge in [-0.1, -0.05) is 45.0 Å². The summed E-state index contributed by atoms with van der Waals surface area (Å²) in [6.07, 6.45) is 2.03. The van der Waals surface area contributed by atoms with Crippen LogP contribution in [0.2, 0.25) is 0 Å². The molecule has 3 heteroatoms. The van der Waals surface area contributed by atoms with Crippen LogP contribution < -0.4 is 4.74 Å². The minimum absolute atomic E-state index is 0.417. The topological polar surface area (TPSA) is 27.1 Å². The number of aromatic nitrogens is 2. The summed E-state index contributed by atoms with van der Waals surface area (Å²) in [5.74, 6) is 2.52. The predicted octanol–water partition coefficient (Wildman–Crippen LogP) is 5.19. The summed E-state index contributed by atoms with van der Waals surface area (Å²) in [6, 6.07) is 16.8. The maximum atomic E-state index is 5.88. The van der Waals surface area contributed by atoms with E-state index in [0.717, 1.165) is 43.1 Å². The van der Waals surface area contributed by atoms with Gasteiger partial charge in [-0.05, 0) is 42.7 Å². The van der Waals surface area contributed by atoms with Crippen molar-refractivity contribution in [1.82, 2.24) is 9.55 Å². The molecule has 2 aromatic carbocycles. The molecule has 3 nitrogen and oxygen atoms in total. The van der Waals surface area contributed by atoms with Gasteiger partial charge in [-0.2, -0.15) is 0 Å². The summed E-state index contributed by atoms with van der Waals surface area (Å²) in [5.41, 5.74) is 3.64. The fourth-order valence-corrected chi connectivity index (χ4v) is 3.00. The van der Waals surface area contributed by atoms with Gasteiger partial charge in [0.05, 0.1) is 17.6 Å². The normalized spacial score (nSPS) is 11.3. The second-order valence-corrected chi connectivity index (χ2v) is 6.46. The molecule has 0 fully saturated rings. The fraction of sp³-hybridized carbons (Fsp3) is 0.381. The highest BCUT2D eigenvalue weighted by atomic mass is 16.5. The molecule has 3 aromatic rings. The summed E-state index contributed by atoms with van der Waals surface area (Å²) < 4.78 is 8.22. The van der Waals surface area contributed by atoms with Gasteiger partial charge < -0.3 is 9.30 Å². The van der Waals surface area contributed by atoms with Crippen LogP contribution >= 0.6 is 0 Å². The van der Waals surface area contributed by atoms with E-state index in [1.54, 1.807) is 0 Å². The smallest absolute Gasteiger partial charge is 0.119 e. The predicted molar refractivity (Wildman–Crippen MR) is 99.8 cm³/mol. The Balaban J connectivity index is 1.63. The Morgan fingerprint density at radius 2 is 1.79 bits per heavy atom.